The molecule has 1 aliphatic carbocycles. The summed E-state index contributed by atoms with van der Waals surface area (Å²) < 4.78 is 26.8. The van der Waals surface area contributed by atoms with Gasteiger partial charge < -0.3 is 5.32 Å². The predicted molar refractivity (Wildman–Crippen MR) is 68.5 cm³/mol. The molecule has 1 aromatic heterocycles. The number of sulfonamides is 1. The summed E-state index contributed by atoms with van der Waals surface area (Å²) in [6.45, 7) is 3.78. The van der Waals surface area contributed by atoms with Gasteiger partial charge in [0.25, 0.3) is 10.0 Å². The van der Waals surface area contributed by atoms with Crippen LogP contribution in [0.3, 0.4) is 0 Å². The number of aromatic nitrogens is 2. The van der Waals surface area contributed by atoms with Crippen molar-refractivity contribution in [1.82, 2.24) is 20.2 Å². The average molecular weight is 272 g/mol. The van der Waals surface area contributed by atoms with E-state index in [2.05, 4.69) is 20.2 Å². The molecule has 1 aliphatic rings. The Bertz CT molecular complexity index is 479. The maximum Gasteiger partial charge on any atom is 0.257 e. The zero-order chi connectivity index (χ0) is 13.0. The van der Waals surface area contributed by atoms with E-state index in [9.17, 15) is 8.42 Å². The minimum absolute atomic E-state index is 0.180. The van der Waals surface area contributed by atoms with Crippen molar-refractivity contribution in [3.05, 3.63) is 11.8 Å². The molecule has 0 saturated heterocycles. The van der Waals surface area contributed by atoms with Crippen LogP contribution in [0.5, 0.6) is 0 Å². The number of aromatic amines is 1. The second-order valence-corrected chi connectivity index (χ2v) is 6.34. The molecule has 1 aromatic rings. The molecule has 0 spiro atoms. The lowest BCUT2D eigenvalue weighted by molar-refractivity contribution is 0.568. The molecule has 0 amide bonds. The van der Waals surface area contributed by atoms with Crippen LogP contribution in [0, 0.1) is 5.92 Å². The lowest BCUT2D eigenvalue weighted by Crippen LogP contribution is -2.27. The third-order valence-electron chi connectivity index (χ3n) is 3.05. The highest BCUT2D eigenvalue weighted by atomic mass is 32.2. The smallest absolute Gasteiger partial charge is 0.257 e. The SMILES string of the molecule is CCNCc1cn[nH]c1S(=O)(=O)NCCC1CC1. The van der Waals surface area contributed by atoms with E-state index < -0.39 is 10.0 Å². The summed E-state index contributed by atoms with van der Waals surface area (Å²) in [5, 5.41) is 9.66. The fourth-order valence-electron chi connectivity index (χ4n) is 1.79. The quantitative estimate of drug-likeness (QED) is 0.646. The summed E-state index contributed by atoms with van der Waals surface area (Å²) in [7, 11) is -3.45. The van der Waals surface area contributed by atoms with Gasteiger partial charge in [-0.15, -0.1) is 0 Å². The Hall–Kier alpha value is -0.920. The van der Waals surface area contributed by atoms with Gasteiger partial charge in [-0.3, -0.25) is 5.10 Å². The average Bonchev–Trinajstić information content (AvgIpc) is 3.02. The summed E-state index contributed by atoms with van der Waals surface area (Å²) >= 11 is 0. The highest BCUT2D eigenvalue weighted by Gasteiger charge is 2.24. The van der Waals surface area contributed by atoms with E-state index in [4.69, 9.17) is 0 Å². The first-order valence-electron chi connectivity index (χ1n) is 6.36. The van der Waals surface area contributed by atoms with Gasteiger partial charge in [0.1, 0.15) is 0 Å². The summed E-state index contributed by atoms with van der Waals surface area (Å²) in [5.41, 5.74) is 0.677. The van der Waals surface area contributed by atoms with Crippen molar-refractivity contribution in [2.75, 3.05) is 13.1 Å². The van der Waals surface area contributed by atoms with Gasteiger partial charge >= 0.3 is 0 Å². The van der Waals surface area contributed by atoms with E-state index in [1.165, 1.54) is 12.8 Å². The fourth-order valence-corrected chi connectivity index (χ4v) is 2.97. The van der Waals surface area contributed by atoms with Crippen LogP contribution in [0.15, 0.2) is 11.2 Å². The van der Waals surface area contributed by atoms with Crippen LogP contribution in [0.2, 0.25) is 0 Å². The Kier molecular flexibility index (Phi) is 4.36. The van der Waals surface area contributed by atoms with E-state index in [0.717, 1.165) is 18.9 Å². The molecular formula is C11H20N4O2S. The molecule has 0 radical (unpaired) electrons. The number of hydrogen-bond donors (Lipinski definition) is 3. The lowest BCUT2D eigenvalue weighted by atomic mass is 10.3. The van der Waals surface area contributed by atoms with E-state index in [1.807, 2.05) is 6.92 Å². The number of H-pyrrole nitrogens is 1. The summed E-state index contributed by atoms with van der Waals surface area (Å²) in [6, 6.07) is 0. The molecule has 6 nitrogen and oxygen atoms in total. The van der Waals surface area contributed by atoms with Gasteiger partial charge in [0, 0.05) is 18.7 Å². The molecule has 0 bridgehead atoms. The molecular weight excluding hydrogens is 252 g/mol. The largest absolute Gasteiger partial charge is 0.313 e. The first-order chi connectivity index (χ1) is 8.63. The number of nitrogens with one attached hydrogen (secondary N) is 3. The highest BCUT2D eigenvalue weighted by Crippen LogP contribution is 2.31. The molecule has 7 heteroatoms. The standard InChI is InChI=1S/C11H20N4O2S/c1-2-12-7-10-8-13-15-11(10)18(16,17)14-6-5-9-3-4-9/h8-9,12,14H,2-7H2,1H3,(H,13,15). The Labute approximate surface area is 108 Å². The van der Waals surface area contributed by atoms with Crippen molar-refractivity contribution in [3.63, 3.8) is 0 Å². The molecule has 1 heterocycles. The normalized spacial score (nSPS) is 16.1. The molecule has 0 unspecified atom stereocenters. The molecule has 0 aliphatic heterocycles. The van der Waals surface area contributed by atoms with E-state index in [0.29, 0.717) is 18.7 Å². The third-order valence-corrected chi connectivity index (χ3v) is 4.53. The Balaban J connectivity index is 1.96. The van der Waals surface area contributed by atoms with Crippen molar-refractivity contribution < 1.29 is 8.42 Å². The van der Waals surface area contributed by atoms with Crippen LogP contribution in [-0.2, 0) is 16.6 Å². The number of hydrogen-bond acceptors (Lipinski definition) is 4. The van der Waals surface area contributed by atoms with Gasteiger partial charge in [0.15, 0.2) is 5.03 Å². The Morgan fingerprint density at radius 3 is 2.94 bits per heavy atom. The zero-order valence-electron chi connectivity index (χ0n) is 10.6. The third kappa shape index (κ3) is 3.54. The van der Waals surface area contributed by atoms with Crippen molar-refractivity contribution in [2.45, 2.75) is 37.8 Å². The van der Waals surface area contributed by atoms with Crippen molar-refractivity contribution in [1.29, 1.82) is 0 Å². The lowest BCUT2D eigenvalue weighted by Gasteiger charge is -2.07. The van der Waals surface area contributed by atoms with E-state index in [1.54, 1.807) is 6.20 Å². The van der Waals surface area contributed by atoms with Crippen molar-refractivity contribution in [3.8, 4) is 0 Å². The topological polar surface area (TPSA) is 86.9 Å². The van der Waals surface area contributed by atoms with Gasteiger partial charge in [-0.05, 0) is 18.9 Å². The van der Waals surface area contributed by atoms with Gasteiger partial charge in [0.2, 0.25) is 0 Å². The molecule has 102 valence electrons. The maximum absolute atomic E-state index is 12.1. The van der Waals surface area contributed by atoms with Crippen LogP contribution < -0.4 is 10.0 Å². The van der Waals surface area contributed by atoms with Crippen LogP contribution >= 0.6 is 0 Å². The first kappa shape index (κ1) is 13.5. The van der Waals surface area contributed by atoms with Crippen LogP contribution in [0.1, 0.15) is 31.7 Å². The van der Waals surface area contributed by atoms with Crippen molar-refractivity contribution >= 4 is 10.0 Å². The zero-order valence-corrected chi connectivity index (χ0v) is 11.4. The maximum atomic E-state index is 12.1. The summed E-state index contributed by atoms with van der Waals surface area (Å²) in [5.74, 6) is 0.718. The van der Waals surface area contributed by atoms with E-state index >= 15 is 0 Å². The second kappa shape index (κ2) is 5.81. The van der Waals surface area contributed by atoms with Crippen LogP contribution in [-0.4, -0.2) is 31.7 Å². The molecule has 3 N–H and O–H groups in total. The molecule has 1 fully saturated rings. The Morgan fingerprint density at radius 2 is 2.28 bits per heavy atom. The van der Waals surface area contributed by atoms with Gasteiger partial charge in [0.05, 0.1) is 6.20 Å². The van der Waals surface area contributed by atoms with Crippen LogP contribution in [0.25, 0.3) is 0 Å². The highest BCUT2D eigenvalue weighted by molar-refractivity contribution is 7.89. The second-order valence-electron chi connectivity index (χ2n) is 4.63. The minimum atomic E-state index is -3.45. The Morgan fingerprint density at radius 1 is 1.50 bits per heavy atom. The van der Waals surface area contributed by atoms with E-state index in [-0.39, 0.29) is 5.03 Å². The predicted octanol–water partition coefficient (Wildman–Crippen LogP) is 0.598. The van der Waals surface area contributed by atoms with Gasteiger partial charge in [-0.2, -0.15) is 5.10 Å². The number of nitrogens with zero attached hydrogens (tertiary/aromatic N) is 1. The molecule has 1 saturated carbocycles. The monoisotopic (exact) mass is 272 g/mol. The summed E-state index contributed by atoms with van der Waals surface area (Å²) in [6.07, 6.45) is 4.95. The fraction of sp³-hybridized carbons (Fsp3) is 0.727. The van der Waals surface area contributed by atoms with Crippen LogP contribution in [0.4, 0.5) is 0 Å². The molecule has 2 rings (SSSR count). The molecule has 0 atom stereocenters. The molecule has 0 aromatic carbocycles. The first-order valence-corrected chi connectivity index (χ1v) is 7.84. The van der Waals surface area contributed by atoms with Crippen molar-refractivity contribution in [2.24, 2.45) is 5.92 Å². The van der Waals surface area contributed by atoms with Gasteiger partial charge in [-0.25, -0.2) is 13.1 Å². The summed E-state index contributed by atoms with van der Waals surface area (Å²) in [4.78, 5) is 0. The van der Waals surface area contributed by atoms with Gasteiger partial charge in [-0.1, -0.05) is 19.8 Å². The molecule has 18 heavy (non-hydrogen) atoms. The minimum Gasteiger partial charge on any atom is -0.313 e. The number of rotatable bonds is 8.